The zero-order valence-corrected chi connectivity index (χ0v) is 18.3. The molecular weight excluding hydrogens is 366 g/mol. The minimum atomic E-state index is -1.96. The maximum Gasteiger partial charge on any atom is 0.408 e. The number of carboxylic acid groups (broad SMARTS) is 1. The van der Waals surface area contributed by atoms with E-state index in [9.17, 15) is 9.90 Å². The first kappa shape index (κ1) is 20.2. The third-order valence-electron chi connectivity index (χ3n) is 5.80. The molecule has 1 aliphatic rings. The van der Waals surface area contributed by atoms with Gasteiger partial charge < -0.3 is 9.53 Å². The first-order valence-corrected chi connectivity index (χ1v) is 12.5. The second-order valence-electron chi connectivity index (χ2n) is 8.85. The highest BCUT2D eigenvalue weighted by Gasteiger charge is 2.39. The van der Waals surface area contributed by atoms with Gasteiger partial charge in [0.05, 0.1) is 12.6 Å². The van der Waals surface area contributed by atoms with Gasteiger partial charge >= 0.3 is 6.09 Å². The highest BCUT2D eigenvalue weighted by atomic mass is 28.4. The van der Waals surface area contributed by atoms with Crippen molar-refractivity contribution in [3.63, 3.8) is 0 Å². The molecule has 0 aromatic heterocycles. The van der Waals surface area contributed by atoms with Gasteiger partial charge in [-0.2, -0.15) is 0 Å². The third kappa shape index (κ3) is 4.14. The molecule has 148 valence electrons. The van der Waals surface area contributed by atoms with Crippen molar-refractivity contribution in [3.8, 4) is 5.75 Å². The molecule has 0 radical (unpaired) electrons. The Morgan fingerprint density at radius 3 is 2.39 bits per heavy atom. The van der Waals surface area contributed by atoms with Crippen molar-refractivity contribution in [3.05, 3.63) is 71.8 Å². The van der Waals surface area contributed by atoms with Gasteiger partial charge in [-0.3, -0.25) is 4.90 Å². The molecule has 2 aromatic carbocycles. The minimum Gasteiger partial charge on any atom is -0.543 e. The fourth-order valence-electron chi connectivity index (χ4n) is 3.13. The fraction of sp³-hybridized carbons (Fsp3) is 0.348. The van der Waals surface area contributed by atoms with Crippen LogP contribution < -0.4 is 4.43 Å². The molecule has 0 spiro atoms. The van der Waals surface area contributed by atoms with Crippen LogP contribution in [0, 0.1) is 0 Å². The summed E-state index contributed by atoms with van der Waals surface area (Å²) in [5.74, 6) is 0.816. The molecule has 1 heterocycles. The van der Waals surface area contributed by atoms with E-state index in [1.54, 1.807) is 0 Å². The first-order chi connectivity index (χ1) is 13.1. The Labute approximate surface area is 168 Å². The predicted molar refractivity (Wildman–Crippen MR) is 116 cm³/mol. The van der Waals surface area contributed by atoms with Crippen LogP contribution in [0.4, 0.5) is 4.79 Å². The standard InChI is InChI=1S/C23H29NO3Si/c1-23(2,3)28(4,5)27-20-13-9-12-18(14-20)21-15-19(16-24(21)22(25)26)17-10-7-6-8-11-17/h6-15,21H,16H2,1-5H3,(H,25,26). The minimum absolute atomic E-state index is 0.101. The molecule has 4 nitrogen and oxygen atoms in total. The monoisotopic (exact) mass is 395 g/mol. The van der Waals surface area contributed by atoms with E-state index in [1.165, 1.54) is 4.90 Å². The molecule has 0 saturated heterocycles. The van der Waals surface area contributed by atoms with Gasteiger partial charge in [0.1, 0.15) is 5.75 Å². The smallest absolute Gasteiger partial charge is 0.408 e. The Bertz CT molecular complexity index is 884. The molecule has 0 aliphatic carbocycles. The molecule has 2 aromatic rings. The lowest BCUT2D eigenvalue weighted by atomic mass is 10.0. The molecule has 1 N–H and O–H groups in total. The van der Waals surface area contributed by atoms with Crippen molar-refractivity contribution in [2.75, 3.05) is 6.54 Å². The molecule has 28 heavy (non-hydrogen) atoms. The van der Waals surface area contributed by atoms with Crippen LogP contribution in [0.3, 0.4) is 0 Å². The van der Waals surface area contributed by atoms with Crippen LogP contribution in [-0.2, 0) is 0 Å². The number of amides is 1. The van der Waals surface area contributed by atoms with Crippen molar-refractivity contribution in [2.24, 2.45) is 0 Å². The number of hydrogen-bond donors (Lipinski definition) is 1. The van der Waals surface area contributed by atoms with E-state index in [0.717, 1.165) is 22.4 Å². The highest BCUT2D eigenvalue weighted by Crippen LogP contribution is 2.39. The van der Waals surface area contributed by atoms with Crippen LogP contribution in [0.15, 0.2) is 60.7 Å². The lowest BCUT2D eigenvalue weighted by Gasteiger charge is -2.36. The predicted octanol–water partition coefficient (Wildman–Crippen LogP) is 6.19. The van der Waals surface area contributed by atoms with Crippen LogP contribution >= 0.6 is 0 Å². The number of hydrogen-bond acceptors (Lipinski definition) is 2. The Kier molecular flexibility index (Phi) is 5.39. The quantitative estimate of drug-likeness (QED) is 0.628. The molecule has 1 atom stereocenters. The SMILES string of the molecule is CC(C)(C)[Si](C)(C)Oc1cccc(C2C=C(c3ccccc3)CN2C(=O)O)c1. The van der Waals surface area contributed by atoms with Crippen molar-refractivity contribution in [1.29, 1.82) is 0 Å². The van der Waals surface area contributed by atoms with E-state index >= 15 is 0 Å². The Morgan fingerprint density at radius 1 is 1.11 bits per heavy atom. The summed E-state index contributed by atoms with van der Waals surface area (Å²) in [5, 5.41) is 9.84. The molecule has 0 bridgehead atoms. The van der Waals surface area contributed by atoms with E-state index in [0.29, 0.717) is 6.54 Å². The summed E-state index contributed by atoms with van der Waals surface area (Å²) in [5.41, 5.74) is 3.03. The maximum atomic E-state index is 11.9. The van der Waals surface area contributed by atoms with E-state index in [-0.39, 0.29) is 11.1 Å². The largest absolute Gasteiger partial charge is 0.543 e. The summed E-state index contributed by atoms with van der Waals surface area (Å²) in [7, 11) is -1.96. The Balaban J connectivity index is 1.93. The van der Waals surface area contributed by atoms with Crippen LogP contribution in [0.2, 0.25) is 18.1 Å². The lowest BCUT2D eigenvalue weighted by molar-refractivity contribution is 0.144. The van der Waals surface area contributed by atoms with Gasteiger partial charge in [-0.05, 0) is 47.0 Å². The van der Waals surface area contributed by atoms with Crippen molar-refractivity contribution >= 4 is 20.0 Å². The zero-order chi connectivity index (χ0) is 20.5. The second kappa shape index (κ2) is 7.47. The van der Waals surface area contributed by atoms with E-state index in [2.05, 4.69) is 39.9 Å². The summed E-state index contributed by atoms with van der Waals surface area (Å²) in [6, 6.07) is 17.5. The summed E-state index contributed by atoms with van der Waals surface area (Å²) in [6.45, 7) is 11.4. The second-order valence-corrected chi connectivity index (χ2v) is 13.6. The summed E-state index contributed by atoms with van der Waals surface area (Å²) in [4.78, 5) is 13.4. The Hall–Kier alpha value is -2.53. The van der Waals surface area contributed by atoms with Crippen LogP contribution in [0.5, 0.6) is 5.75 Å². The van der Waals surface area contributed by atoms with E-state index < -0.39 is 14.4 Å². The molecule has 1 unspecified atom stereocenters. The molecule has 0 fully saturated rings. The van der Waals surface area contributed by atoms with Crippen molar-refractivity contribution < 1.29 is 14.3 Å². The summed E-state index contributed by atoms with van der Waals surface area (Å²) < 4.78 is 6.43. The van der Waals surface area contributed by atoms with Gasteiger partial charge in [-0.25, -0.2) is 4.79 Å². The summed E-state index contributed by atoms with van der Waals surface area (Å²) >= 11 is 0. The summed E-state index contributed by atoms with van der Waals surface area (Å²) in [6.07, 6.45) is 1.14. The average Bonchev–Trinajstić information content (AvgIpc) is 3.07. The van der Waals surface area contributed by atoms with Gasteiger partial charge in [0.2, 0.25) is 8.32 Å². The van der Waals surface area contributed by atoms with Gasteiger partial charge in [0, 0.05) is 0 Å². The van der Waals surface area contributed by atoms with Crippen molar-refractivity contribution in [1.82, 2.24) is 4.90 Å². The van der Waals surface area contributed by atoms with Crippen LogP contribution in [0.25, 0.3) is 5.57 Å². The number of benzene rings is 2. The third-order valence-corrected chi connectivity index (χ3v) is 10.2. The van der Waals surface area contributed by atoms with E-state index in [1.807, 2.05) is 54.6 Å². The average molecular weight is 396 g/mol. The van der Waals surface area contributed by atoms with Crippen LogP contribution in [-0.4, -0.2) is 31.0 Å². The van der Waals surface area contributed by atoms with Gasteiger partial charge in [-0.15, -0.1) is 0 Å². The lowest BCUT2D eigenvalue weighted by Crippen LogP contribution is -2.43. The number of rotatable bonds is 4. The van der Waals surface area contributed by atoms with Gasteiger partial charge in [0.15, 0.2) is 0 Å². The molecule has 1 aliphatic heterocycles. The van der Waals surface area contributed by atoms with Crippen LogP contribution in [0.1, 0.15) is 37.9 Å². The molecular formula is C23H29NO3Si. The zero-order valence-electron chi connectivity index (χ0n) is 17.3. The number of carbonyl (C=O) groups is 1. The molecule has 3 rings (SSSR count). The Morgan fingerprint density at radius 2 is 1.79 bits per heavy atom. The first-order valence-electron chi connectivity index (χ1n) is 9.63. The topological polar surface area (TPSA) is 49.8 Å². The molecule has 1 amide bonds. The maximum absolute atomic E-state index is 11.9. The van der Waals surface area contributed by atoms with E-state index in [4.69, 9.17) is 4.43 Å². The molecule has 0 saturated carbocycles. The van der Waals surface area contributed by atoms with Gasteiger partial charge in [0.25, 0.3) is 0 Å². The number of nitrogens with zero attached hydrogens (tertiary/aromatic N) is 1. The normalized spacial score (nSPS) is 17.4. The van der Waals surface area contributed by atoms with Gasteiger partial charge in [-0.1, -0.05) is 69.3 Å². The fourth-order valence-corrected chi connectivity index (χ4v) is 4.15. The molecule has 5 heteroatoms. The van der Waals surface area contributed by atoms with Crippen molar-refractivity contribution in [2.45, 2.75) is 44.9 Å². The highest BCUT2D eigenvalue weighted by molar-refractivity contribution is 6.74.